The number of rotatable bonds is 3. The Morgan fingerprint density at radius 2 is 2.44 bits per heavy atom. The largest absolute Gasteiger partial charge is 0.493 e. The lowest BCUT2D eigenvalue weighted by Gasteiger charge is -2.22. The number of hydrogen-bond donors (Lipinski definition) is 1. The normalized spacial score (nSPS) is 20.2. The minimum absolute atomic E-state index is 0.617. The summed E-state index contributed by atoms with van der Waals surface area (Å²) in [6.07, 6.45) is 2.49. The fourth-order valence-electron chi connectivity index (χ4n) is 2.39. The van der Waals surface area contributed by atoms with Gasteiger partial charge in [-0.15, -0.1) is 0 Å². The molecule has 0 saturated carbocycles. The lowest BCUT2D eigenvalue weighted by Crippen LogP contribution is -2.33. The second kappa shape index (κ2) is 4.98. The van der Waals surface area contributed by atoms with Crippen molar-refractivity contribution >= 4 is 11.1 Å². The zero-order valence-corrected chi connectivity index (χ0v) is 10.6. The van der Waals surface area contributed by atoms with Gasteiger partial charge in [0.2, 0.25) is 0 Å². The van der Waals surface area contributed by atoms with Crippen LogP contribution in [0, 0.1) is 12.8 Å². The van der Waals surface area contributed by atoms with E-state index in [2.05, 4.69) is 10.3 Å². The third-order valence-electron chi connectivity index (χ3n) is 3.35. The fourth-order valence-corrected chi connectivity index (χ4v) is 2.39. The lowest BCUT2D eigenvalue weighted by atomic mass is 10.0. The lowest BCUT2D eigenvalue weighted by molar-refractivity contribution is 0.218. The molecule has 1 atom stereocenters. The molecule has 1 aliphatic rings. The van der Waals surface area contributed by atoms with E-state index in [1.54, 1.807) is 0 Å². The molecule has 3 rings (SSSR count). The van der Waals surface area contributed by atoms with Crippen molar-refractivity contribution in [2.75, 3.05) is 19.7 Å². The quantitative estimate of drug-likeness (QED) is 0.904. The Morgan fingerprint density at radius 1 is 1.50 bits per heavy atom. The van der Waals surface area contributed by atoms with Crippen LogP contribution >= 0.6 is 0 Å². The highest BCUT2D eigenvalue weighted by molar-refractivity contribution is 5.74. The number of fused-ring (bicyclic) bond motifs is 1. The van der Waals surface area contributed by atoms with Crippen molar-refractivity contribution in [3.05, 3.63) is 24.1 Å². The van der Waals surface area contributed by atoms with Crippen LogP contribution in [0.5, 0.6) is 5.75 Å². The summed E-state index contributed by atoms with van der Waals surface area (Å²) < 4.78 is 11.3. The maximum Gasteiger partial charge on any atom is 0.192 e. The van der Waals surface area contributed by atoms with Gasteiger partial charge in [0.15, 0.2) is 11.5 Å². The van der Waals surface area contributed by atoms with Crippen LogP contribution in [0.2, 0.25) is 0 Å². The first-order chi connectivity index (χ1) is 8.81. The predicted molar refractivity (Wildman–Crippen MR) is 69.8 cm³/mol. The summed E-state index contributed by atoms with van der Waals surface area (Å²) in [4.78, 5) is 4.27. The first kappa shape index (κ1) is 11.5. The van der Waals surface area contributed by atoms with Gasteiger partial charge >= 0.3 is 0 Å². The minimum atomic E-state index is 0.617. The molecule has 18 heavy (non-hydrogen) atoms. The van der Waals surface area contributed by atoms with E-state index in [0.29, 0.717) is 11.8 Å². The van der Waals surface area contributed by atoms with Gasteiger partial charge in [-0.3, -0.25) is 0 Å². The number of nitrogens with one attached hydrogen (secondary N) is 1. The van der Waals surface area contributed by atoms with Crippen LogP contribution in [-0.2, 0) is 0 Å². The SMILES string of the molecule is Cc1nc2ccc(OCC3CCCNC3)cc2o1. The number of aryl methyl sites for hydroxylation is 1. The van der Waals surface area contributed by atoms with Gasteiger partial charge in [-0.25, -0.2) is 4.98 Å². The molecule has 1 unspecified atom stereocenters. The molecule has 1 fully saturated rings. The molecule has 96 valence electrons. The third-order valence-corrected chi connectivity index (χ3v) is 3.35. The molecule has 4 nitrogen and oxygen atoms in total. The smallest absolute Gasteiger partial charge is 0.192 e. The Labute approximate surface area is 106 Å². The van der Waals surface area contributed by atoms with E-state index in [1.165, 1.54) is 12.8 Å². The van der Waals surface area contributed by atoms with Gasteiger partial charge in [-0.05, 0) is 31.5 Å². The predicted octanol–water partition coefficient (Wildman–Crippen LogP) is 2.51. The van der Waals surface area contributed by atoms with E-state index in [-0.39, 0.29) is 0 Å². The highest BCUT2D eigenvalue weighted by Crippen LogP contribution is 2.22. The van der Waals surface area contributed by atoms with Crippen LogP contribution in [-0.4, -0.2) is 24.7 Å². The van der Waals surface area contributed by atoms with E-state index in [0.717, 1.165) is 36.5 Å². The Kier molecular flexibility index (Phi) is 3.19. The summed E-state index contributed by atoms with van der Waals surface area (Å²) in [5.74, 6) is 2.17. The Morgan fingerprint density at radius 3 is 3.28 bits per heavy atom. The van der Waals surface area contributed by atoms with Crippen LogP contribution in [0.3, 0.4) is 0 Å². The van der Waals surface area contributed by atoms with Gasteiger partial charge in [0.1, 0.15) is 11.3 Å². The maximum atomic E-state index is 5.84. The van der Waals surface area contributed by atoms with Gasteiger partial charge in [0, 0.05) is 25.5 Å². The van der Waals surface area contributed by atoms with Gasteiger partial charge in [-0.1, -0.05) is 0 Å². The van der Waals surface area contributed by atoms with Crippen LogP contribution in [0.25, 0.3) is 11.1 Å². The second-order valence-electron chi connectivity index (χ2n) is 4.89. The fraction of sp³-hybridized carbons (Fsp3) is 0.500. The first-order valence-corrected chi connectivity index (χ1v) is 6.52. The minimum Gasteiger partial charge on any atom is -0.493 e. The maximum absolute atomic E-state index is 5.84. The van der Waals surface area contributed by atoms with E-state index in [9.17, 15) is 0 Å². The summed E-state index contributed by atoms with van der Waals surface area (Å²) in [5.41, 5.74) is 1.69. The van der Waals surface area contributed by atoms with E-state index < -0.39 is 0 Å². The number of aromatic nitrogens is 1. The molecular formula is C14H18N2O2. The molecule has 2 heterocycles. The van der Waals surface area contributed by atoms with Crippen LogP contribution in [0.4, 0.5) is 0 Å². The van der Waals surface area contributed by atoms with Crippen molar-refractivity contribution in [3.63, 3.8) is 0 Å². The molecule has 1 saturated heterocycles. The van der Waals surface area contributed by atoms with Crippen molar-refractivity contribution in [3.8, 4) is 5.75 Å². The summed E-state index contributed by atoms with van der Waals surface area (Å²) in [6.45, 7) is 4.82. The molecule has 0 spiro atoms. The number of ether oxygens (including phenoxy) is 1. The van der Waals surface area contributed by atoms with Crippen molar-refractivity contribution in [1.82, 2.24) is 10.3 Å². The van der Waals surface area contributed by atoms with Crippen molar-refractivity contribution < 1.29 is 9.15 Å². The van der Waals surface area contributed by atoms with Crippen LogP contribution in [0.15, 0.2) is 22.6 Å². The number of oxazole rings is 1. The van der Waals surface area contributed by atoms with E-state index in [1.807, 2.05) is 25.1 Å². The first-order valence-electron chi connectivity index (χ1n) is 6.52. The Balaban J connectivity index is 1.66. The molecule has 1 N–H and O–H groups in total. The number of hydrogen-bond acceptors (Lipinski definition) is 4. The second-order valence-corrected chi connectivity index (χ2v) is 4.89. The van der Waals surface area contributed by atoms with Crippen LogP contribution in [0.1, 0.15) is 18.7 Å². The average Bonchev–Trinajstić information content (AvgIpc) is 2.77. The number of benzene rings is 1. The number of nitrogens with zero attached hydrogens (tertiary/aromatic N) is 1. The molecule has 0 radical (unpaired) electrons. The summed E-state index contributed by atoms with van der Waals surface area (Å²) in [5, 5.41) is 3.40. The zero-order valence-electron chi connectivity index (χ0n) is 10.6. The summed E-state index contributed by atoms with van der Waals surface area (Å²) in [6, 6.07) is 5.83. The van der Waals surface area contributed by atoms with Gasteiger partial charge in [-0.2, -0.15) is 0 Å². The Bertz CT molecular complexity index is 530. The van der Waals surface area contributed by atoms with Crippen molar-refractivity contribution in [1.29, 1.82) is 0 Å². The van der Waals surface area contributed by atoms with Gasteiger partial charge < -0.3 is 14.5 Å². The molecule has 1 aromatic carbocycles. The molecule has 1 aromatic heterocycles. The standard InChI is InChI=1S/C14H18N2O2/c1-10-16-13-5-4-12(7-14(13)18-10)17-9-11-3-2-6-15-8-11/h4-5,7,11,15H,2-3,6,8-9H2,1H3. The number of piperidine rings is 1. The topological polar surface area (TPSA) is 47.3 Å². The molecule has 4 heteroatoms. The zero-order chi connectivity index (χ0) is 12.4. The van der Waals surface area contributed by atoms with Crippen molar-refractivity contribution in [2.24, 2.45) is 5.92 Å². The van der Waals surface area contributed by atoms with Crippen molar-refractivity contribution in [2.45, 2.75) is 19.8 Å². The van der Waals surface area contributed by atoms with Crippen LogP contribution < -0.4 is 10.1 Å². The molecule has 0 amide bonds. The third kappa shape index (κ3) is 2.48. The molecule has 0 bridgehead atoms. The summed E-state index contributed by atoms with van der Waals surface area (Å²) >= 11 is 0. The molecule has 2 aromatic rings. The van der Waals surface area contributed by atoms with E-state index in [4.69, 9.17) is 9.15 Å². The van der Waals surface area contributed by atoms with Gasteiger partial charge in [0.05, 0.1) is 6.61 Å². The highest BCUT2D eigenvalue weighted by Gasteiger charge is 2.13. The van der Waals surface area contributed by atoms with Gasteiger partial charge in [0.25, 0.3) is 0 Å². The highest BCUT2D eigenvalue weighted by atomic mass is 16.5. The molecule has 0 aliphatic carbocycles. The Hall–Kier alpha value is -1.55. The monoisotopic (exact) mass is 246 g/mol. The molecular weight excluding hydrogens is 228 g/mol. The molecule has 1 aliphatic heterocycles. The summed E-state index contributed by atoms with van der Waals surface area (Å²) in [7, 11) is 0. The van der Waals surface area contributed by atoms with E-state index >= 15 is 0 Å². The average molecular weight is 246 g/mol.